The number of halogens is 1. The third-order valence-electron chi connectivity index (χ3n) is 3.36. The van der Waals surface area contributed by atoms with Crippen LogP contribution in [-0.4, -0.2) is 49.2 Å². The smallest absolute Gasteiger partial charge is 0.133 e. The molecule has 0 unspecified atom stereocenters. The summed E-state index contributed by atoms with van der Waals surface area (Å²) in [5.41, 5.74) is 0. The third kappa shape index (κ3) is 2.88. The van der Waals surface area contributed by atoms with E-state index >= 15 is 0 Å². The van der Waals surface area contributed by atoms with Crippen LogP contribution in [-0.2, 0) is 4.74 Å². The molecule has 0 N–H and O–H groups in total. The topological polar surface area (TPSA) is 15.7 Å². The van der Waals surface area contributed by atoms with Crippen LogP contribution in [0.4, 0.5) is 4.39 Å². The van der Waals surface area contributed by atoms with Crippen LogP contribution in [0.2, 0.25) is 0 Å². The monoisotopic (exact) mass is 228 g/mol. The number of hydrogen-bond acceptors (Lipinski definition) is 3. The third-order valence-corrected chi connectivity index (χ3v) is 3.36. The molecule has 16 heavy (non-hydrogen) atoms. The van der Waals surface area contributed by atoms with Crippen molar-refractivity contribution in [3.63, 3.8) is 0 Å². The van der Waals surface area contributed by atoms with Gasteiger partial charge in [-0.05, 0) is 12.8 Å². The Bertz CT molecular complexity index is 231. The van der Waals surface area contributed by atoms with E-state index in [2.05, 4.69) is 9.80 Å². The van der Waals surface area contributed by atoms with E-state index < -0.39 is 0 Å². The summed E-state index contributed by atoms with van der Waals surface area (Å²) in [4.78, 5) is 4.30. The van der Waals surface area contributed by atoms with E-state index in [9.17, 15) is 4.39 Å². The molecule has 0 aromatic carbocycles. The standard InChI is InChI=1S/C12H21FN2O/c13-11-12(15-7-9-16-10-8-15)14-5-3-1-2-4-6-14/h11H,1-10H2/b12-11+. The van der Waals surface area contributed by atoms with Crippen molar-refractivity contribution >= 4 is 0 Å². The molecule has 0 saturated carbocycles. The molecule has 2 rings (SSSR count). The highest BCUT2D eigenvalue weighted by Gasteiger charge is 2.20. The summed E-state index contributed by atoms with van der Waals surface area (Å²) in [6, 6.07) is 0. The molecule has 0 aliphatic carbocycles. The van der Waals surface area contributed by atoms with Gasteiger partial charge < -0.3 is 14.5 Å². The predicted molar refractivity (Wildman–Crippen MR) is 61.6 cm³/mol. The van der Waals surface area contributed by atoms with Crippen LogP contribution < -0.4 is 0 Å². The van der Waals surface area contributed by atoms with E-state index in [1.807, 2.05) is 0 Å². The minimum absolute atomic E-state index is 0.713. The number of nitrogens with zero attached hydrogens (tertiary/aromatic N) is 2. The Morgan fingerprint density at radius 3 is 2.00 bits per heavy atom. The van der Waals surface area contributed by atoms with Gasteiger partial charge in [-0.15, -0.1) is 0 Å². The van der Waals surface area contributed by atoms with Gasteiger partial charge in [0.15, 0.2) is 0 Å². The lowest BCUT2D eigenvalue weighted by Gasteiger charge is -2.36. The molecular weight excluding hydrogens is 207 g/mol. The molecule has 0 atom stereocenters. The maximum atomic E-state index is 13.1. The van der Waals surface area contributed by atoms with Gasteiger partial charge in [-0.25, -0.2) is 4.39 Å². The van der Waals surface area contributed by atoms with Crippen molar-refractivity contribution < 1.29 is 9.13 Å². The van der Waals surface area contributed by atoms with E-state index in [-0.39, 0.29) is 0 Å². The summed E-state index contributed by atoms with van der Waals surface area (Å²) >= 11 is 0. The largest absolute Gasteiger partial charge is 0.378 e. The Kier molecular flexibility index (Phi) is 4.45. The van der Waals surface area contributed by atoms with Gasteiger partial charge in [-0.3, -0.25) is 0 Å². The molecule has 4 heteroatoms. The molecule has 2 saturated heterocycles. The molecular formula is C12H21FN2O. The van der Waals surface area contributed by atoms with Gasteiger partial charge in [0.2, 0.25) is 0 Å². The van der Waals surface area contributed by atoms with Crippen LogP contribution in [0.3, 0.4) is 0 Å². The second-order valence-corrected chi connectivity index (χ2v) is 4.47. The summed E-state index contributed by atoms with van der Waals surface area (Å²) in [6.45, 7) is 5.04. The summed E-state index contributed by atoms with van der Waals surface area (Å²) in [7, 11) is 0. The van der Waals surface area contributed by atoms with Gasteiger partial charge >= 0.3 is 0 Å². The van der Waals surface area contributed by atoms with Crippen molar-refractivity contribution in [3.05, 3.63) is 12.2 Å². The van der Waals surface area contributed by atoms with Crippen LogP contribution >= 0.6 is 0 Å². The maximum Gasteiger partial charge on any atom is 0.133 e. The zero-order valence-corrected chi connectivity index (χ0v) is 9.83. The summed E-state index contributed by atoms with van der Waals surface area (Å²) in [6.07, 6.45) is 5.69. The lowest BCUT2D eigenvalue weighted by atomic mass is 10.2. The van der Waals surface area contributed by atoms with Crippen molar-refractivity contribution in [3.8, 4) is 0 Å². The molecule has 2 aliphatic rings. The van der Waals surface area contributed by atoms with Crippen LogP contribution in [0.25, 0.3) is 0 Å². The van der Waals surface area contributed by atoms with E-state index in [4.69, 9.17) is 4.74 Å². The maximum absolute atomic E-state index is 13.1. The zero-order chi connectivity index (χ0) is 11.2. The fraction of sp³-hybridized carbons (Fsp3) is 0.833. The van der Waals surface area contributed by atoms with Crippen LogP contribution in [0.15, 0.2) is 12.2 Å². The van der Waals surface area contributed by atoms with E-state index in [0.717, 1.165) is 38.3 Å². The molecule has 0 radical (unpaired) electrons. The fourth-order valence-corrected chi connectivity index (χ4v) is 2.43. The first-order valence-corrected chi connectivity index (χ1v) is 6.30. The minimum atomic E-state index is 0.713. The molecule has 2 fully saturated rings. The molecule has 0 aromatic rings. The summed E-state index contributed by atoms with van der Waals surface area (Å²) in [5.74, 6) is 0.769. The predicted octanol–water partition coefficient (Wildman–Crippen LogP) is 1.96. The summed E-state index contributed by atoms with van der Waals surface area (Å²) in [5, 5.41) is 0. The van der Waals surface area contributed by atoms with Gasteiger partial charge in [0.25, 0.3) is 0 Å². The van der Waals surface area contributed by atoms with Gasteiger partial charge in [-0.2, -0.15) is 0 Å². The zero-order valence-electron chi connectivity index (χ0n) is 9.83. The minimum Gasteiger partial charge on any atom is -0.378 e. The van der Waals surface area contributed by atoms with Crippen molar-refractivity contribution in [2.24, 2.45) is 0 Å². The van der Waals surface area contributed by atoms with Crippen molar-refractivity contribution in [1.29, 1.82) is 0 Å². The Balaban J connectivity index is 1.96. The molecule has 2 heterocycles. The number of rotatable bonds is 2. The number of hydrogen-bond donors (Lipinski definition) is 0. The van der Waals surface area contributed by atoms with Gasteiger partial charge in [0, 0.05) is 26.2 Å². The highest BCUT2D eigenvalue weighted by atomic mass is 19.1. The average molecular weight is 228 g/mol. The van der Waals surface area contributed by atoms with Crippen LogP contribution in [0.5, 0.6) is 0 Å². The van der Waals surface area contributed by atoms with Crippen LogP contribution in [0, 0.1) is 0 Å². The highest BCUT2D eigenvalue weighted by molar-refractivity contribution is 4.98. The number of ether oxygens (including phenoxy) is 1. The second-order valence-electron chi connectivity index (χ2n) is 4.47. The molecule has 3 nitrogen and oxygen atoms in total. The first-order chi connectivity index (χ1) is 7.92. The Hall–Kier alpha value is -0.770. The Labute approximate surface area is 96.9 Å². The highest BCUT2D eigenvalue weighted by Crippen LogP contribution is 2.18. The molecule has 0 amide bonds. The van der Waals surface area contributed by atoms with Crippen LogP contribution in [0.1, 0.15) is 25.7 Å². The lowest BCUT2D eigenvalue weighted by Crippen LogP contribution is -2.42. The van der Waals surface area contributed by atoms with E-state index in [0.29, 0.717) is 13.2 Å². The molecule has 92 valence electrons. The average Bonchev–Trinajstić information content (AvgIpc) is 2.61. The van der Waals surface area contributed by atoms with Crippen molar-refractivity contribution in [1.82, 2.24) is 9.80 Å². The first-order valence-electron chi connectivity index (χ1n) is 6.30. The van der Waals surface area contributed by atoms with Gasteiger partial charge in [-0.1, -0.05) is 12.8 Å². The van der Waals surface area contributed by atoms with E-state index in [1.54, 1.807) is 0 Å². The molecule has 0 bridgehead atoms. The Morgan fingerprint density at radius 2 is 1.44 bits per heavy atom. The molecule has 0 aromatic heterocycles. The normalized spacial score (nSPS) is 24.4. The van der Waals surface area contributed by atoms with E-state index in [1.165, 1.54) is 25.7 Å². The first kappa shape index (κ1) is 11.7. The number of likely N-dealkylation sites (tertiary alicyclic amines) is 1. The number of morpholine rings is 1. The van der Waals surface area contributed by atoms with Crippen molar-refractivity contribution in [2.45, 2.75) is 25.7 Å². The molecule has 2 aliphatic heterocycles. The fourth-order valence-electron chi connectivity index (χ4n) is 2.43. The van der Waals surface area contributed by atoms with Gasteiger partial charge in [0.05, 0.1) is 13.2 Å². The SMILES string of the molecule is F/C=C(\N1CCCCCC1)N1CCOCC1. The lowest BCUT2D eigenvalue weighted by molar-refractivity contribution is 0.0366. The van der Waals surface area contributed by atoms with Crippen molar-refractivity contribution in [2.75, 3.05) is 39.4 Å². The summed E-state index contributed by atoms with van der Waals surface area (Å²) < 4.78 is 18.4. The quantitative estimate of drug-likeness (QED) is 0.718. The molecule has 0 spiro atoms. The Morgan fingerprint density at radius 1 is 0.875 bits per heavy atom. The van der Waals surface area contributed by atoms with Gasteiger partial charge in [0.1, 0.15) is 12.2 Å². The second kappa shape index (κ2) is 6.09.